The van der Waals surface area contributed by atoms with Crippen molar-refractivity contribution in [3.05, 3.63) is 29.3 Å². The van der Waals surface area contributed by atoms with Gasteiger partial charge in [-0.05, 0) is 29.0 Å². The van der Waals surface area contributed by atoms with Gasteiger partial charge in [0.2, 0.25) is 0 Å². The van der Waals surface area contributed by atoms with E-state index in [1.165, 1.54) is 11.1 Å². The molecule has 1 aliphatic heterocycles. The van der Waals surface area contributed by atoms with Crippen LogP contribution in [0.1, 0.15) is 37.8 Å². The van der Waals surface area contributed by atoms with Crippen molar-refractivity contribution in [1.29, 1.82) is 0 Å². The van der Waals surface area contributed by atoms with Crippen LogP contribution in [0.15, 0.2) is 18.2 Å². The predicted octanol–water partition coefficient (Wildman–Crippen LogP) is 2.97. The summed E-state index contributed by atoms with van der Waals surface area (Å²) < 4.78 is 5.39. The summed E-state index contributed by atoms with van der Waals surface area (Å²) in [6.45, 7) is 9.05. The van der Waals surface area contributed by atoms with E-state index in [2.05, 4.69) is 44.3 Å². The molecule has 1 fully saturated rings. The van der Waals surface area contributed by atoms with Gasteiger partial charge >= 0.3 is 0 Å². The molecule has 0 amide bonds. The van der Waals surface area contributed by atoms with Gasteiger partial charge in [0, 0.05) is 19.0 Å². The first-order valence-electron chi connectivity index (χ1n) is 6.46. The van der Waals surface area contributed by atoms with Gasteiger partial charge in [-0.2, -0.15) is 0 Å². The highest BCUT2D eigenvalue weighted by molar-refractivity contribution is 5.39. The lowest BCUT2D eigenvalue weighted by Crippen LogP contribution is -2.20. The van der Waals surface area contributed by atoms with Crippen LogP contribution in [0.3, 0.4) is 0 Å². The van der Waals surface area contributed by atoms with Crippen LogP contribution in [-0.2, 0) is 6.42 Å². The van der Waals surface area contributed by atoms with Crippen molar-refractivity contribution in [1.82, 2.24) is 5.32 Å². The van der Waals surface area contributed by atoms with E-state index in [-0.39, 0.29) is 0 Å². The fraction of sp³-hybridized carbons (Fsp3) is 0.600. The van der Waals surface area contributed by atoms with Crippen molar-refractivity contribution in [3.63, 3.8) is 0 Å². The van der Waals surface area contributed by atoms with Gasteiger partial charge in [0.25, 0.3) is 0 Å². The van der Waals surface area contributed by atoms with Gasteiger partial charge in [0.15, 0.2) is 0 Å². The van der Waals surface area contributed by atoms with Crippen molar-refractivity contribution in [2.75, 3.05) is 20.2 Å². The Hall–Kier alpha value is -1.02. The minimum Gasteiger partial charge on any atom is -0.496 e. The number of ether oxygens (including phenoxy) is 1. The molecule has 1 heterocycles. The Morgan fingerprint density at radius 3 is 2.71 bits per heavy atom. The van der Waals surface area contributed by atoms with E-state index in [9.17, 15) is 0 Å². The molecule has 17 heavy (non-hydrogen) atoms. The third-order valence-corrected chi connectivity index (χ3v) is 3.96. The molecule has 1 saturated heterocycles. The number of nitrogens with one attached hydrogen (secondary N) is 1. The third kappa shape index (κ3) is 2.32. The SMILES string of the molecule is CCc1cc(C2CNCC2(C)C)ccc1OC. The number of aryl methyl sites for hydroxylation is 1. The zero-order valence-corrected chi connectivity index (χ0v) is 11.3. The Bertz CT molecular complexity index is 398. The Morgan fingerprint density at radius 2 is 2.18 bits per heavy atom. The van der Waals surface area contributed by atoms with E-state index in [1.54, 1.807) is 7.11 Å². The molecule has 0 bridgehead atoms. The van der Waals surface area contributed by atoms with Gasteiger partial charge in [-0.25, -0.2) is 0 Å². The molecule has 1 aromatic rings. The summed E-state index contributed by atoms with van der Waals surface area (Å²) >= 11 is 0. The van der Waals surface area contributed by atoms with Gasteiger partial charge in [0.1, 0.15) is 5.75 Å². The van der Waals surface area contributed by atoms with Crippen LogP contribution in [0.5, 0.6) is 5.75 Å². The first-order valence-corrected chi connectivity index (χ1v) is 6.46. The Kier molecular flexibility index (Phi) is 3.43. The maximum atomic E-state index is 5.39. The molecule has 0 radical (unpaired) electrons. The topological polar surface area (TPSA) is 21.3 Å². The summed E-state index contributed by atoms with van der Waals surface area (Å²) in [6, 6.07) is 6.65. The molecule has 1 aliphatic rings. The van der Waals surface area contributed by atoms with Crippen LogP contribution < -0.4 is 10.1 Å². The molecule has 2 heteroatoms. The highest BCUT2D eigenvalue weighted by Crippen LogP contribution is 2.39. The number of hydrogen-bond donors (Lipinski definition) is 1. The lowest BCUT2D eigenvalue weighted by Gasteiger charge is -2.26. The molecule has 1 N–H and O–H groups in total. The maximum absolute atomic E-state index is 5.39. The van der Waals surface area contributed by atoms with E-state index in [0.29, 0.717) is 11.3 Å². The van der Waals surface area contributed by atoms with Gasteiger partial charge in [-0.3, -0.25) is 0 Å². The minimum absolute atomic E-state index is 0.347. The lowest BCUT2D eigenvalue weighted by molar-refractivity contribution is 0.362. The quantitative estimate of drug-likeness (QED) is 0.866. The molecule has 0 aromatic heterocycles. The summed E-state index contributed by atoms with van der Waals surface area (Å²) in [4.78, 5) is 0. The Balaban J connectivity index is 2.33. The van der Waals surface area contributed by atoms with Crippen molar-refractivity contribution in [3.8, 4) is 5.75 Å². The molecule has 1 aromatic carbocycles. The number of hydrogen-bond acceptors (Lipinski definition) is 2. The predicted molar refractivity (Wildman–Crippen MR) is 71.8 cm³/mol. The molecule has 0 saturated carbocycles. The van der Waals surface area contributed by atoms with E-state index in [4.69, 9.17) is 4.74 Å². The third-order valence-electron chi connectivity index (χ3n) is 3.96. The van der Waals surface area contributed by atoms with Crippen LogP contribution in [0.2, 0.25) is 0 Å². The van der Waals surface area contributed by atoms with Crippen molar-refractivity contribution < 1.29 is 4.74 Å². The fourth-order valence-electron chi connectivity index (χ4n) is 2.80. The number of methoxy groups -OCH3 is 1. The van der Waals surface area contributed by atoms with Gasteiger partial charge in [0.05, 0.1) is 7.11 Å². The highest BCUT2D eigenvalue weighted by atomic mass is 16.5. The Labute approximate surface area is 104 Å². The molecular formula is C15H23NO. The first-order chi connectivity index (χ1) is 8.08. The summed E-state index contributed by atoms with van der Waals surface area (Å²) in [5.74, 6) is 1.62. The van der Waals surface area contributed by atoms with Crippen LogP contribution in [0, 0.1) is 5.41 Å². The van der Waals surface area contributed by atoms with Crippen molar-refractivity contribution in [2.45, 2.75) is 33.1 Å². The highest BCUT2D eigenvalue weighted by Gasteiger charge is 2.35. The summed E-state index contributed by atoms with van der Waals surface area (Å²) in [5, 5.41) is 3.50. The maximum Gasteiger partial charge on any atom is 0.122 e. The van der Waals surface area contributed by atoms with Crippen LogP contribution in [0.25, 0.3) is 0 Å². The average Bonchev–Trinajstić information content (AvgIpc) is 2.68. The van der Waals surface area contributed by atoms with Gasteiger partial charge < -0.3 is 10.1 Å². The van der Waals surface area contributed by atoms with Gasteiger partial charge in [-0.15, -0.1) is 0 Å². The van der Waals surface area contributed by atoms with Crippen LogP contribution >= 0.6 is 0 Å². The Morgan fingerprint density at radius 1 is 1.41 bits per heavy atom. The normalized spacial score (nSPS) is 22.7. The molecule has 0 spiro atoms. The number of benzene rings is 1. The summed E-state index contributed by atoms with van der Waals surface area (Å²) in [5.41, 5.74) is 3.10. The molecule has 1 atom stereocenters. The van der Waals surface area contributed by atoms with Crippen molar-refractivity contribution >= 4 is 0 Å². The molecule has 94 valence electrons. The minimum atomic E-state index is 0.347. The molecular weight excluding hydrogens is 210 g/mol. The first kappa shape index (κ1) is 12.4. The second-order valence-corrected chi connectivity index (χ2v) is 5.60. The largest absolute Gasteiger partial charge is 0.496 e. The van der Waals surface area contributed by atoms with E-state index in [1.807, 2.05) is 0 Å². The molecule has 2 rings (SSSR count). The molecule has 2 nitrogen and oxygen atoms in total. The van der Waals surface area contributed by atoms with Gasteiger partial charge in [-0.1, -0.05) is 32.9 Å². The lowest BCUT2D eigenvalue weighted by atomic mass is 9.77. The van der Waals surface area contributed by atoms with E-state index < -0.39 is 0 Å². The summed E-state index contributed by atoms with van der Waals surface area (Å²) in [7, 11) is 1.75. The monoisotopic (exact) mass is 233 g/mol. The fourth-order valence-corrected chi connectivity index (χ4v) is 2.80. The van der Waals surface area contributed by atoms with Crippen LogP contribution in [-0.4, -0.2) is 20.2 Å². The smallest absolute Gasteiger partial charge is 0.122 e. The average molecular weight is 233 g/mol. The van der Waals surface area contributed by atoms with E-state index in [0.717, 1.165) is 25.3 Å². The van der Waals surface area contributed by atoms with Crippen molar-refractivity contribution in [2.24, 2.45) is 5.41 Å². The second-order valence-electron chi connectivity index (χ2n) is 5.60. The van der Waals surface area contributed by atoms with Crippen LogP contribution in [0.4, 0.5) is 0 Å². The second kappa shape index (κ2) is 4.69. The number of rotatable bonds is 3. The standard InChI is InChI=1S/C15H23NO/c1-5-11-8-12(6-7-14(11)17-4)13-9-16-10-15(13,2)3/h6-8,13,16H,5,9-10H2,1-4H3. The zero-order valence-electron chi connectivity index (χ0n) is 11.3. The molecule has 1 unspecified atom stereocenters. The zero-order chi connectivity index (χ0) is 12.5. The summed E-state index contributed by atoms with van der Waals surface area (Å²) in [6.07, 6.45) is 1.03. The molecule has 0 aliphatic carbocycles. The van der Waals surface area contributed by atoms with E-state index >= 15 is 0 Å².